The molecule has 3 aromatic rings. The number of aromatic nitrogens is 4. The molecule has 0 N–H and O–H groups in total. The molecule has 1 aliphatic heterocycles. The number of hydrogen-bond donors (Lipinski definition) is 0. The van der Waals surface area contributed by atoms with E-state index in [1.54, 1.807) is 4.63 Å². The van der Waals surface area contributed by atoms with Crippen LogP contribution in [0.2, 0.25) is 0 Å². The summed E-state index contributed by atoms with van der Waals surface area (Å²) in [5.74, 6) is 1.76. The van der Waals surface area contributed by atoms with Crippen LogP contribution in [-0.2, 0) is 11.2 Å². The van der Waals surface area contributed by atoms with Gasteiger partial charge in [-0.05, 0) is 31.5 Å². The van der Waals surface area contributed by atoms with Gasteiger partial charge < -0.3 is 9.80 Å². The molecule has 3 heterocycles. The molecule has 134 valence electrons. The van der Waals surface area contributed by atoms with Gasteiger partial charge in [-0.15, -0.1) is 14.8 Å². The van der Waals surface area contributed by atoms with Crippen molar-refractivity contribution in [3.8, 4) is 0 Å². The topological polar surface area (TPSA) is 66.6 Å². The lowest BCUT2D eigenvalue weighted by Gasteiger charge is -2.35. The van der Waals surface area contributed by atoms with Crippen molar-refractivity contribution >= 4 is 17.4 Å². The van der Waals surface area contributed by atoms with Crippen molar-refractivity contribution in [2.75, 3.05) is 31.1 Å². The fourth-order valence-electron chi connectivity index (χ4n) is 3.22. The quantitative estimate of drug-likeness (QED) is 0.718. The number of rotatable bonds is 3. The number of piperazine rings is 1. The van der Waals surface area contributed by atoms with Crippen LogP contribution in [0.1, 0.15) is 17.0 Å². The molecule has 0 bridgehead atoms. The highest BCUT2D eigenvalue weighted by Gasteiger charge is 2.22. The number of aryl methyl sites for hydroxylation is 2. The number of benzene rings is 1. The molecule has 0 radical (unpaired) electrons. The maximum atomic E-state index is 12.5. The third kappa shape index (κ3) is 3.37. The van der Waals surface area contributed by atoms with Gasteiger partial charge in [0.1, 0.15) is 5.82 Å². The average Bonchev–Trinajstić information content (AvgIpc) is 3.03. The highest BCUT2D eigenvalue weighted by molar-refractivity contribution is 5.79. The smallest absolute Gasteiger partial charge is 0.227 e. The largest absolute Gasteiger partial charge is 0.352 e. The summed E-state index contributed by atoms with van der Waals surface area (Å²) < 4.78 is 1.57. The minimum atomic E-state index is 0.184. The second kappa shape index (κ2) is 6.74. The van der Waals surface area contributed by atoms with Crippen molar-refractivity contribution in [3.63, 3.8) is 0 Å². The minimum absolute atomic E-state index is 0.184. The lowest BCUT2D eigenvalue weighted by atomic mass is 10.1. The third-order valence-electron chi connectivity index (χ3n) is 4.73. The summed E-state index contributed by atoms with van der Waals surface area (Å²) in [6.07, 6.45) is 0.461. The average molecular weight is 350 g/mol. The zero-order valence-corrected chi connectivity index (χ0v) is 15.1. The normalized spacial score (nSPS) is 14.8. The second-order valence-corrected chi connectivity index (χ2v) is 6.73. The van der Waals surface area contributed by atoms with Crippen molar-refractivity contribution in [3.05, 3.63) is 53.3 Å². The van der Waals surface area contributed by atoms with Crippen molar-refractivity contribution < 1.29 is 4.79 Å². The van der Waals surface area contributed by atoms with E-state index in [1.165, 1.54) is 5.56 Å². The molecule has 0 saturated carbocycles. The molecule has 4 rings (SSSR count). The lowest BCUT2D eigenvalue weighted by Crippen LogP contribution is -2.49. The number of anilines is 1. The molecule has 1 saturated heterocycles. The van der Waals surface area contributed by atoms with Crippen LogP contribution in [0.15, 0.2) is 36.4 Å². The highest BCUT2D eigenvalue weighted by atomic mass is 16.2. The van der Waals surface area contributed by atoms with E-state index in [0.717, 1.165) is 30.1 Å². The first kappa shape index (κ1) is 16.5. The number of carbonyl (C=O) groups is 1. The van der Waals surface area contributed by atoms with Gasteiger partial charge in [-0.25, -0.2) is 4.98 Å². The van der Waals surface area contributed by atoms with E-state index in [1.807, 2.05) is 48.2 Å². The number of carbonyl (C=O) groups excluding carboxylic acids is 1. The predicted octanol–water partition coefficient (Wildman–Crippen LogP) is 1.63. The molecule has 0 spiro atoms. The van der Waals surface area contributed by atoms with Crippen LogP contribution in [0, 0.1) is 13.8 Å². The fraction of sp³-hybridized carbons (Fsp3) is 0.368. The minimum Gasteiger partial charge on any atom is -0.352 e. The van der Waals surface area contributed by atoms with Crippen LogP contribution in [-0.4, -0.2) is 56.8 Å². The van der Waals surface area contributed by atoms with E-state index < -0.39 is 0 Å². The predicted molar refractivity (Wildman–Crippen MR) is 99.2 cm³/mol. The molecule has 0 aliphatic carbocycles. The van der Waals surface area contributed by atoms with E-state index in [-0.39, 0.29) is 5.91 Å². The SMILES string of the molecule is Cc1ccc(CC(=O)N2CCN(c3ccc4nc(C)nn4n3)CC2)cc1. The van der Waals surface area contributed by atoms with Crippen molar-refractivity contribution in [1.29, 1.82) is 0 Å². The van der Waals surface area contributed by atoms with E-state index in [0.29, 0.717) is 25.3 Å². The zero-order chi connectivity index (χ0) is 18.1. The van der Waals surface area contributed by atoms with Crippen LogP contribution in [0.25, 0.3) is 5.65 Å². The Morgan fingerprint density at radius 3 is 2.42 bits per heavy atom. The van der Waals surface area contributed by atoms with Gasteiger partial charge in [0.15, 0.2) is 11.5 Å². The van der Waals surface area contributed by atoms with Gasteiger partial charge in [-0.3, -0.25) is 4.79 Å². The molecular weight excluding hydrogens is 328 g/mol. The molecule has 1 aromatic carbocycles. The maximum Gasteiger partial charge on any atom is 0.227 e. The molecule has 1 amide bonds. The monoisotopic (exact) mass is 350 g/mol. The van der Waals surface area contributed by atoms with Crippen LogP contribution < -0.4 is 4.90 Å². The van der Waals surface area contributed by atoms with Crippen molar-refractivity contribution in [2.24, 2.45) is 0 Å². The summed E-state index contributed by atoms with van der Waals surface area (Å²) in [6.45, 7) is 6.86. The lowest BCUT2D eigenvalue weighted by molar-refractivity contribution is -0.130. The molecule has 1 fully saturated rings. The molecule has 2 aromatic heterocycles. The van der Waals surface area contributed by atoms with Crippen LogP contribution >= 0.6 is 0 Å². The molecular formula is C19H22N6O. The number of hydrogen-bond acceptors (Lipinski definition) is 5. The van der Waals surface area contributed by atoms with Crippen LogP contribution in [0.5, 0.6) is 0 Å². The van der Waals surface area contributed by atoms with Crippen LogP contribution in [0.3, 0.4) is 0 Å². The van der Waals surface area contributed by atoms with Gasteiger partial charge in [0.2, 0.25) is 5.91 Å². The van der Waals surface area contributed by atoms with Gasteiger partial charge in [-0.1, -0.05) is 29.8 Å². The number of nitrogens with zero attached hydrogens (tertiary/aromatic N) is 6. The molecule has 0 unspecified atom stereocenters. The van der Waals surface area contributed by atoms with E-state index in [2.05, 4.69) is 27.0 Å². The summed E-state index contributed by atoms with van der Waals surface area (Å²) in [7, 11) is 0. The van der Waals surface area contributed by atoms with Gasteiger partial charge in [-0.2, -0.15) is 0 Å². The molecule has 1 aliphatic rings. The van der Waals surface area contributed by atoms with Gasteiger partial charge in [0.25, 0.3) is 0 Å². The number of amides is 1. The first-order valence-electron chi connectivity index (χ1n) is 8.87. The Bertz CT molecular complexity index is 925. The van der Waals surface area contributed by atoms with E-state index >= 15 is 0 Å². The Hall–Kier alpha value is -2.96. The van der Waals surface area contributed by atoms with Gasteiger partial charge in [0.05, 0.1) is 6.42 Å². The Morgan fingerprint density at radius 2 is 1.69 bits per heavy atom. The zero-order valence-electron chi connectivity index (χ0n) is 15.1. The summed E-state index contributed by atoms with van der Waals surface area (Å²) in [5.41, 5.74) is 3.02. The molecule has 7 heteroatoms. The van der Waals surface area contributed by atoms with Crippen LogP contribution in [0.4, 0.5) is 5.82 Å². The summed E-state index contributed by atoms with van der Waals surface area (Å²) in [5, 5.41) is 8.80. The van der Waals surface area contributed by atoms with E-state index in [4.69, 9.17) is 0 Å². The Kier molecular flexibility index (Phi) is 4.28. The van der Waals surface area contributed by atoms with Crippen molar-refractivity contribution in [1.82, 2.24) is 24.7 Å². The fourth-order valence-corrected chi connectivity index (χ4v) is 3.22. The third-order valence-corrected chi connectivity index (χ3v) is 4.73. The summed E-state index contributed by atoms with van der Waals surface area (Å²) >= 11 is 0. The highest BCUT2D eigenvalue weighted by Crippen LogP contribution is 2.15. The Morgan fingerprint density at radius 1 is 0.962 bits per heavy atom. The Balaban J connectivity index is 1.38. The first-order chi connectivity index (χ1) is 12.6. The van der Waals surface area contributed by atoms with Gasteiger partial charge in [0, 0.05) is 26.2 Å². The Labute approximate surface area is 152 Å². The summed E-state index contributed by atoms with van der Waals surface area (Å²) in [6, 6.07) is 12.1. The first-order valence-corrected chi connectivity index (χ1v) is 8.87. The summed E-state index contributed by atoms with van der Waals surface area (Å²) in [4.78, 5) is 21.0. The number of fused-ring (bicyclic) bond motifs is 1. The molecule has 26 heavy (non-hydrogen) atoms. The second-order valence-electron chi connectivity index (χ2n) is 6.73. The van der Waals surface area contributed by atoms with Crippen molar-refractivity contribution in [2.45, 2.75) is 20.3 Å². The molecule has 0 atom stereocenters. The van der Waals surface area contributed by atoms with Gasteiger partial charge >= 0.3 is 0 Å². The van der Waals surface area contributed by atoms with E-state index in [9.17, 15) is 4.79 Å². The molecule has 7 nitrogen and oxygen atoms in total. The maximum absolute atomic E-state index is 12.5. The standard InChI is InChI=1S/C19H22N6O/c1-14-3-5-16(6-4-14)13-19(26)24-11-9-23(10-12-24)18-8-7-17-20-15(2)21-25(17)22-18/h3-8H,9-13H2,1-2H3.